The van der Waals surface area contributed by atoms with Gasteiger partial charge in [0, 0.05) is 7.05 Å². The molecule has 3 amide bonds. The molecule has 4 N–H and O–H groups in total. The summed E-state index contributed by atoms with van der Waals surface area (Å²) in [5.74, 6) is 4.87. The number of carbonyl (C=O) groups excluding carboxylic acids is 2. The molecule has 126 valence electrons. The van der Waals surface area contributed by atoms with Crippen LogP contribution in [-0.2, 0) is 10.2 Å². The lowest BCUT2D eigenvalue weighted by Gasteiger charge is -2.30. The first-order valence-electron chi connectivity index (χ1n) is 7.52. The van der Waals surface area contributed by atoms with Gasteiger partial charge in [-0.15, -0.1) is 0 Å². The number of hydrogen-bond donors (Lipinski definition) is 3. The molecule has 0 aromatic heterocycles. The maximum atomic E-state index is 12.5. The summed E-state index contributed by atoms with van der Waals surface area (Å²) >= 11 is 0. The quantitative estimate of drug-likeness (QED) is 0.452. The van der Waals surface area contributed by atoms with E-state index in [0.717, 1.165) is 11.1 Å². The van der Waals surface area contributed by atoms with E-state index in [1.54, 1.807) is 19.1 Å². The van der Waals surface area contributed by atoms with Crippen LogP contribution in [0, 0.1) is 0 Å². The molecular weight excluding hydrogens is 306 g/mol. The highest BCUT2D eigenvalue weighted by molar-refractivity contribution is 5.99. The van der Waals surface area contributed by atoms with Gasteiger partial charge in [-0.05, 0) is 23.6 Å². The van der Waals surface area contributed by atoms with E-state index in [1.807, 2.05) is 42.5 Å². The molecular formula is C18H21N3O3. The largest absolute Gasteiger partial charge is 0.395 e. The number of aliphatic hydroxyl groups excluding tert-OH is 1. The number of imide groups is 1. The van der Waals surface area contributed by atoms with Crippen LogP contribution in [0.15, 0.2) is 54.6 Å². The number of benzene rings is 2. The topological polar surface area (TPSA) is 95.7 Å². The molecule has 6 nitrogen and oxygen atoms in total. The maximum Gasteiger partial charge on any atom is 0.338 e. The minimum atomic E-state index is -1.31. The van der Waals surface area contributed by atoms with Crippen molar-refractivity contribution in [1.82, 2.24) is 10.3 Å². The third kappa shape index (κ3) is 3.29. The summed E-state index contributed by atoms with van der Waals surface area (Å²) in [5.41, 5.74) is 1.31. The number of urea groups is 1. The molecule has 2 rings (SSSR count). The first-order valence-corrected chi connectivity index (χ1v) is 7.52. The van der Waals surface area contributed by atoms with E-state index in [2.05, 4.69) is 5.32 Å². The van der Waals surface area contributed by atoms with Crippen molar-refractivity contribution in [1.29, 1.82) is 0 Å². The summed E-state index contributed by atoms with van der Waals surface area (Å²) in [7, 11) is 1.38. The Balaban J connectivity index is 2.33. The molecule has 24 heavy (non-hydrogen) atoms. The Bertz CT molecular complexity index is 716. The molecule has 0 radical (unpaired) electrons. The monoisotopic (exact) mass is 327 g/mol. The predicted octanol–water partition coefficient (Wildman–Crippen LogP) is 1.65. The van der Waals surface area contributed by atoms with E-state index in [9.17, 15) is 14.7 Å². The van der Waals surface area contributed by atoms with Crippen LogP contribution < -0.4 is 11.2 Å². The molecule has 2 aromatic rings. The molecule has 6 heteroatoms. The molecule has 0 aliphatic carbocycles. The zero-order chi connectivity index (χ0) is 17.7. The molecule has 0 aliphatic rings. The van der Waals surface area contributed by atoms with Crippen LogP contribution >= 0.6 is 0 Å². The highest BCUT2D eigenvalue weighted by atomic mass is 16.3. The van der Waals surface area contributed by atoms with Crippen LogP contribution in [0.2, 0.25) is 0 Å². The molecule has 2 aromatic carbocycles. The van der Waals surface area contributed by atoms with Crippen LogP contribution in [0.3, 0.4) is 0 Å². The van der Waals surface area contributed by atoms with E-state index < -0.39 is 24.0 Å². The van der Waals surface area contributed by atoms with Crippen LogP contribution in [-0.4, -0.2) is 35.7 Å². The van der Waals surface area contributed by atoms with Crippen LogP contribution in [0.1, 0.15) is 12.5 Å². The summed E-state index contributed by atoms with van der Waals surface area (Å²) in [6.45, 7) is 1.08. The molecule has 0 aliphatic heterocycles. The Kier molecular flexibility index (Phi) is 5.33. The molecule has 1 unspecified atom stereocenters. The Morgan fingerprint density at radius 2 is 1.62 bits per heavy atom. The molecule has 1 atom stereocenters. The maximum absolute atomic E-state index is 12.5. The number of nitrogens with zero attached hydrogens (tertiary/aromatic N) is 1. The Morgan fingerprint density at radius 3 is 2.12 bits per heavy atom. The lowest BCUT2D eigenvalue weighted by Crippen LogP contribution is -2.55. The van der Waals surface area contributed by atoms with E-state index in [1.165, 1.54) is 7.05 Å². The SMILES string of the molecule is CNC(=O)N(N)C(=O)C(C)(CO)c1ccc(-c2ccccc2)cc1. The van der Waals surface area contributed by atoms with Crippen molar-refractivity contribution in [3.05, 3.63) is 60.2 Å². The van der Waals surface area contributed by atoms with Crippen molar-refractivity contribution in [2.45, 2.75) is 12.3 Å². The number of nitrogens with two attached hydrogens (primary N) is 1. The van der Waals surface area contributed by atoms with Gasteiger partial charge >= 0.3 is 6.03 Å². The van der Waals surface area contributed by atoms with Gasteiger partial charge in [-0.3, -0.25) is 4.79 Å². The van der Waals surface area contributed by atoms with Crippen LogP contribution in [0.5, 0.6) is 0 Å². The van der Waals surface area contributed by atoms with Gasteiger partial charge in [0.2, 0.25) is 0 Å². The van der Waals surface area contributed by atoms with Gasteiger partial charge in [-0.2, -0.15) is 5.01 Å². The highest BCUT2D eigenvalue weighted by Gasteiger charge is 2.39. The number of amides is 3. The van der Waals surface area contributed by atoms with Crippen molar-refractivity contribution in [2.24, 2.45) is 5.84 Å². The summed E-state index contributed by atoms with van der Waals surface area (Å²) < 4.78 is 0. The standard InChI is InChI=1S/C18H21N3O3/c1-18(12-22,16(23)21(19)17(24)20-2)15-10-8-14(9-11-15)13-6-4-3-5-7-13/h3-11,22H,12,19H2,1-2H3,(H,20,24). The third-order valence-corrected chi connectivity index (χ3v) is 4.07. The number of nitrogens with one attached hydrogen (secondary N) is 1. The molecule has 0 bridgehead atoms. The van der Waals surface area contributed by atoms with Crippen LogP contribution in [0.4, 0.5) is 4.79 Å². The van der Waals surface area contributed by atoms with Gasteiger partial charge in [-0.25, -0.2) is 10.6 Å². The highest BCUT2D eigenvalue weighted by Crippen LogP contribution is 2.28. The minimum Gasteiger partial charge on any atom is -0.395 e. The number of rotatable bonds is 4. The van der Waals surface area contributed by atoms with Gasteiger partial charge in [-0.1, -0.05) is 54.6 Å². The first kappa shape index (κ1) is 17.7. The van der Waals surface area contributed by atoms with E-state index in [4.69, 9.17) is 5.84 Å². The average Bonchev–Trinajstić information content (AvgIpc) is 2.66. The average molecular weight is 327 g/mol. The second-order valence-corrected chi connectivity index (χ2v) is 5.66. The number of hydrogen-bond acceptors (Lipinski definition) is 4. The van der Waals surface area contributed by atoms with Crippen molar-refractivity contribution in [3.8, 4) is 11.1 Å². The minimum absolute atomic E-state index is 0.471. The molecule has 0 fully saturated rings. The van der Waals surface area contributed by atoms with E-state index in [-0.39, 0.29) is 0 Å². The molecule has 0 saturated heterocycles. The van der Waals surface area contributed by atoms with E-state index >= 15 is 0 Å². The fourth-order valence-corrected chi connectivity index (χ4v) is 2.42. The second-order valence-electron chi connectivity index (χ2n) is 5.66. The zero-order valence-electron chi connectivity index (χ0n) is 13.7. The van der Waals surface area contributed by atoms with Crippen molar-refractivity contribution in [2.75, 3.05) is 13.7 Å². The molecule has 0 spiro atoms. The molecule has 0 heterocycles. The fourth-order valence-electron chi connectivity index (χ4n) is 2.42. The summed E-state index contributed by atoms with van der Waals surface area (Å²) in [4.78, 5) is 24.1. The molecule has 0 saturated carbocycles. The third-order valence-electron chi connectivity index (χ3n) is 4.07. The van der Waals surface area contributed by atoms with Crippen LogP contribution in [0.25, 0.3) is 11.1 Å². The van der Waals surface area contributed by atoms with E-state index in [0.29, 0.717) is 10.6 Å². The Morgan fingerprint density at radius 1 is 1.08 bits per heavy atom. The van der Waals surface area contributed by atoms with Crippen molar-refractivity contribution in [3.63, 3.8) is 0 Å². The zero-order valence-corrected chi connectivity index (χ0v) is 13.7. The Hall–Kier alpha value is -2.70. The number of hydrazine groups is 1. The lowest BCUT2D eigenvalue weighted by atomic mass is 9.81. The Labute approximate surface area is 140 Å². The normalized spacial score (nSPS) is 13.0. The number of carbonyl (C=O) groups is 2. The van der Waals surface area contributed by atoms with Gasteiger partial charge in [0.15, 0.2) is 0 Å². The van der Waals surface area contributed by atoms with Gasteiger partial charge < -0.3 is 10.4 Å². The lowest BCUT2D eigenvalue weighted by molar-refractivity contribution is -0.135. The smallest absolute Gasteiger partial charge is 0.338 e. The van der Waals surface area contributed by atoms with Crippen molar-refractivity contribution < 1.29 is 14.7 Å². The second kappa shape index (κ2) is 7.25. The fraction of sp³-hybridized carbons (Fsp3) is 0.222. The summed E-state index contributed by atoms with van der Waals surface area (Å²) in [6, 6.07) is 16.3. The summed E-state index contributed by atoms with van der Waals surface area (Å²) in [5, 5.41) is 12.5. The van der Waals surface area contributed by atoms with Gasteiger partial charge in [0.1, 0.15) is 0 Å². The van der Waals surface area contributed by atoms with Gasteiger partial charge in [0.05, 0.1) is 12.0 Å². The number of aliphatic hydroxyl groups is 1. The van der Waals surface area contributed by atoms with Gasteiger partial charge in [0.25, 0.3) is 5.91 Å². The summed E-state index contributed by atoms with van der Waals surface area (Å²) in [6.07, 6.45) is 0. The predicted molar refractivity (Wildman–Crippen MR) is 91.8 cm³/mol. The first-order chi connectivity index (χ1) is 11.4. The van der Waals surface area contributed by atoms with Crippen molar-refractivity contribution >= 4 is 11.9 Å².